The lowest BCUT2D eigenvalue weighted by Gasteiger charge is -2.33. The zero-order valence-electron chi connectivity index (χ0n) is 22.6. The molecule has 3 rings (SSSR count). The van der Waals surface area contributed by atoms with Crippen LogP contribution in [0.5, 0.6) is 0 Å². The van der Waals surface area contributed by atoms with Gasteiger partial charge in [0.1, 0.15) is 12.6 Å². The normalized spacial score (nSPS) is 12.0. The topological polar surface area (TPSA) is 86.8 Å². The first kappa shape index (κ1) is 30.2. The van der Waals surface area contributed by atoms with Gasteiger partial charge in [0.2, 0.25) is 21.8 Å². The Balaban J connectivity index is 2.02. The van der Waals surface area contributed by atoms with Gasteiger partial charge in [0.15, 0.2) is 0 Å². The molecule has 2 amide bonds. The molecule has 0 unspecified atom stereocenters. The number of hydrogen-bond donors (Lipinski definition) is 1. The molecule has 0 aliphatic carbocycles. The number of sulfonamides is 1. The number of benzene rings is 3. The first-order valence-corrected chi connectivity index (χ1v) is 15.3. The van der Waals surface area contributed by atoms with Crippen molar-refractivity contribution < 1.29 is 18.0 Å². The van der Waals surface area contributed by atoms with Crippen LogP contribution < -0.4 is 9.62 Å². The summed E-state index contributed by atoms with van der Waals surface area (Å²) < 4.78 is 26.8. The summed E-state index contributed by atoms with van der Waals surface area (Å²) in [6, 6.07) is 22.7. The van der Waals surface area contributed by atoms with E-state index < -0.39 is 28.5 Å². The van der Waals surface area contributed by atoms with E-state index in [2.05, 4.69) is 5.32 Å². The molecule has 0 heterocycles. The maximum Gasteiger partial charge on any atom is 0.244 e. The molecule has 0 fully saturated rings. The fourth-order valence-corrected chi connectivity index (χ4v) is 5.19. The molecule has 3 aromatic carbocycles. The van der Waals surface area contributed by atoms with E-state index in [0.29, 0.717) is 17.3 Å². The van der Waals surface area contributed by atoms with Crippen LogP contribution in [0.4, 0.5) is 5.69 Å². The summed E-state index contributed by atoms with van der Waals surface area (Å²) >= 11 is 6.08. The van der Waals surface area contributed by atoms with Crippen LogP contribution in [0, 0.1) is 0 Å². The van der Waals surface area contributed by atoms with Crippen molar-refractivity contribution in [3.8, 4) is 0 Å². The molecular formula is C30H36ClN3O4S. The van der Waals surface area contributed by atoms with Crippen molar-refractivity contribution in [3.05, 3.63) is 101 Å². The van der Waals surface area contributed by atoms with E-state index in [4.69, 9.17) is 11.6 Å². The van der Waals surface area contributed by atoms with Gasteiger partial charge >= 0.3 is 0 Å². The summed E-state index contributed by atoms with van der Waals surface area (Å²) in [5, 5.41) is 3.48. The number of aryl methyl sites for hydroxylation is 1. The lowest BCUT2D eigenvalue weighted by molar-refractivity contribution is -0.140. The van der Waals surface area contributed by atoms with Gasteiger partial charge in [-0.25, -0.2) is 8.42 Å². The van der Waals surface area contributed by atoms with Crippen LogP contribution in [0.15, 0.2) is 78.9 Å². The van der Waals surface area contributed by atoms with Crippen LogP contribution in [-0.4, -0.2) is 50.5 Å². The summed E-state index contributed by atoms with van der Waals surface area (Å²) in [6.07, 6.45) is 2.90. The quantitative estimate of drug-likeness (QED) is 0.319. The average molecular weight is 570 g/mol. The predicted molar refractivity (Wildman–Crippen MR) is 157 cm³/mol. The second-order valence-corrected chi connectivity index (χ2v) is 11.8. The number of carbonyl (C=O) groups is 2. The van der Waals surface area contributed by atoms with Crippen molar-refractivity contribution in [1.82, 2.24) is 10.2 Å². The van der Waals surface area contributed by atoms with Gasteiger partial charge < -0.3 is 10.2 Å². The fourth-order valence-electron chi connectivity index (χ4n) is 4.22. The predicted octanol–water partition coefficient (Wildman–Crippen LogP) is 4.83. The van der Waals surface area contributed by atoms with E-state index in [-0.39, 0.29) is 18.9 Å². The molecule has 0 aliphatic rings. The fraction of sp³-hybridized carbons (Fsp3) is 0.333. The molecular weight excluding hydrogens is 534 g/mol. The smallest absolute Gasteiger partial charge is 0.244 e. The molecule has 0 aromatic heterocycles. The summed E-state index contributed by atoms with van der Waals surface area (Å²) in [7, 11) is -3.80. The number of carbonyl (C=O) groups excluding carboxylic acids is 2. The summed E-state index contributed by atoms with van der Waals surface area (Å²) in [5.41, 5.74) is 3.11. The Morgan fingerprint density at radius 2 is 1.49 bits per heavy atom. The van der Waals surface area contributed by atoms with Crippen LogP contribution in [0.1, 0.15) is 37.0 Å². The molecule has 1 N–H and O–H groups in total. The lowest BCUT2D eigenvalue weighted by atomic mass is 10.0. The number of nitrogens with zero attached hydrogens (tertiary/aromatic N) is 2. The molecule has 0 aliphatic heterocycles. The number of hydrogen-bond acceptors (Lipinski definition) is 4. The number of halogens is 1. The van der Waals surface area contributed by atoms with Crippen molar-refractivity contribution in [2.24, 2.45) is 0 Å². The van der Waals surface area contributed by atoms with Crippen LogP contribution in [-0.2, 0) is 39.0 Å². The van der Waals surface area contributed by atoms with Gasteiger partial charge in [-0.1, -0.05) is 80.0 Å². The van der Waals surface area contributed by atoms with Gasteiger partial charge in [-0.2, -0.15) is 0 Å². The van der Waals surface area contributed by atoms with Gasteiger partial charge in [0.25, 0.3) is 0 Å². The highest BCUT2D eigenvalue weighted by Gasteiger charge is 2.32. The Morgan fingerprint density at radius 1 is 0.872 bits per heavy atom. The maximum absolute atomic E-state index is 14.0. The molecule has 39 heavy (non-hydrogen) atoms. The zero-order valence-corrected chi connectivity index (χ0v) is 24.2. The van der Waals surface area contributed by atoms with Crippen molar-refractivity contribution in [3.63, 3.8) is 0 Å². The molecule has 3 aromatic rings. The van der Waals surface area contributed by atoms with Crippen LogP contribution in [0.3, 0.4) is 0 Å². The molecule has 0 spiro atoms. The third-order valence-electron chi connectivity index (χ3n) is 6.40. The minimum Gasteiger partial charge on any atom is -0.354 e. The Morgan fingerprint density at radius 3 is 2.05 bits per heavy atom. The van der Waals surface area contributed by atoms with E-state index in [1.807, 2.05) is 56.3 Å². The molecule has 0 bridgehead atoms. The third-order valence-corrected chi connectivity index (χ3v) is 7.79. The van der Waals surface area contributed by atoms with Gasteiger partial charge in [-0.3, -0.25) is 13.9 Å². The van der Waals surface area contributed by atoms with Gasteiger partial charge in [0, 0.05) is 24.5 Å². The highest BCUT2D eigenvalue weighted by atomic mass is 35.5. The molecule has 0 saturated carbocycles. The number of amides is 2. The Labute approximate surface area is 236 Å². The summed E-state index contributed by atoms with van der Waals surface area (Å²) in [5.74, 6) is -0.774. The van der Waals surface area contributed by atoms with E-state index in [1.54, 1.807) is 36.4 Å². The van der Waals surface area contributed by atoms with Gasteiger partial charge in [0.05, 0.1) is 11.9 Å². The highest BCUT2D eigenvalue weighted by molar-refractivity contribution is 7.92. The standard InChI is InChI=1S/C30H36ClN3O4S/c1-4-19-32-30(36)28(20-24-9-7-6-8-10-24)33(21-25-11-15-26(31)16-12-25)29(35)22-34(39(3,37)38)27-17-13-23(5-2)14-18-27/h6-18,28H,4-5,19-22H2,1-3H3,(H,32,36)/t28-/m1/s1. The zero-order chi connectivity index (χ0) is 28.4. The second-order valence-electron chi connectivity index (χ2n) is 9.43. The molecule has 9 heteroatoms. The SMILES string of the molecule is CCCNC(=O)[C@@H](Cc1ccccc1)N(Cc1ccc(Cl)cc1)C(=O)CN(c1ccc(CC)cc1)S(C)(=O)=O. The largest absolute Gasteiger partial charge is 0.354 e. The summed E-state index contributed by atoms with van der Waals surface area (Å²) in [6.45, 7) is 4.10. The molecule has 208 valence electrons. The van der Waals surface area contributed by atoms with Crippen LogP contribution in [0.25, 0.3) is 0 Å². The molecule has 0 radical (unpaired) electrons. The molecule has 1 atom stereocenters. The Hall–Kier alpha value is -3.36. The first-order chi connectivity index (χ1) is 18.6. The van der Waals surface area contributed by atoms with Gasteiger partial charge in [-0.05, 0) is 53.8 Å². The first-order valence-electron chi connectivity index (χ1n) is 13.0. The third kappa shape index (κ3) is 8.83. The van der Waals surface area contributed by atoms with Crippen molar-refractivity contribution in [2.75, 3.05) is 23.7 Å². The van der Waals surface area contributed by atoms with E-state index >= 15 is 0 Å². The van der Waals surface area contributed by atoms with E-state index in [0.717, 1.165) is 40.1 Å². The minimum absolute atomic E-state index is 0.111. The second kappa shape index (κ2) is 14.1. The monoisotopic (exact) mass is 569 g/mol. The van der Waals surface area contributed by atoms with E-state index in [9.17, 15) is 18.0 Å². The van der Waals surface area contributed by atoms with Crippen molar-refractivity contribution in [1.29, 1.82) is 0 Å². The lowest BCUT2D eigenvalue weighted by Crippen LogP contribution is -2.53. The van der Waals surface area contributed by atoms with Crippen molar-refractivity contribution in [2.45, 2.75) is 45.7 Å². The minimum atomic E-state index is -3.80. The molecule has 0 saturated heterocycles. The number of nitrogens with one attached hydrogen (secondary N) is 1. The van der Waals surface area contributed by atoms with Gasteiger partial charge in [-0.15, -0.1) is 0 Å². The van der Waals surface area contributed by atoms with Crippen LogP contribution >= 0.6 is 11.6 Å². The summed E-state index contributed by atoms with van der Waals surface area (Å²) in [4.78, 5) is 28.9. The van der Waals surface area contributed by atoms with Crippen LogP contribution in [0.2, 0.25) is 5.02 Å². The number of rotatable bonds is 13. The number of anilines is 1. The maximum atomic E-state index is 14.0. The molecule has 7 nitrogen and oxygen atoms in total. The van der Waals surface area contributed by atoms with E-state index in [1.165, 1.54) is 4.90 Å². The Kier molecular flexibility index (Phi) is 10.9. The highest BCUT2D eigenvalue weighted by Crippen LogP contribution is 2.21. The van der Waals surface area contributed by atoms with Crippen molar-refractivity contribution >= 4 is 39.1 Å². The average Bonchev–Trinajstić information content (AvgIpc) is 2.93. The Bertz CT molecular complexity index is 1330.